The quantitative estimate of drug-likeness (QED) is 0.815. The smallest absolute Gasteiger partial charge is 0.0897 e. The molecule has 0 radical (unpaired) electrons. The molecule has 2 N–H and O–H groups in total. The lowest BCUT2D eigenvalue weighted by Gasteiger charge is -2.36. The van der Waals surface area contributed by atoms with E-state index in [1.165, 1.54) is 11.3 Å². The zero-order valence-corrected chi connectivity index (χ0v) is 10.9. The maximum atomic E-state index is 9.42. The predicted molar refractivity (Wildman–Crippen MR) is 72.9 cm³/mol. The second-order valence-electron chi connectivity index (χ2n) is 4.96. The van der Waals surface area contributed by atoms with Gasteiger partial charge in [-0.2, -0.15) is 0 Å². The first-order valence-electron chi connectivity index (χ1n) is 6.52. The summed E-state index contributed by atoms with van der Waals surface area (Å²) in [5, 5.41) is 18.3. The van der Waals surface area contributed by atoms with Gasteiger partial charge in [-0.05, 0) is 19.1 Å². The number of aryl methyl sites for hydroxylation is 1. The van der Waals surface area contributed by atoms with Crippen LogP contribution in [0.3, 0.4) is 0 Å². The third-order valence-electron chi connectivity index (χ3n) is 3.45. The van der Waals surface area contributed by atoms with Gasteiger partial charge in [0, 0.05) is 38.4 Å². The lowest BCUT2D eigenvalue weighted by molar-refractivity contribution is 0.0575. The van der Waals surface area contributed by atoms with Crippen LogP contribution < -0.4 is 4.90 Å². The third-order valence-corrected chi connectivity index (χ3v) is 3.45. The fourth-order valence-corrected chi connectivity index (χ4v) is 2.30. The number of aliphatic hydroxyl groups excluding tert-OH is 2. The van der Waals surface area contributed by atoms with E-state index in [1.54, 1.807) is 0 Å². The molecule has 1 aliphatic heterocycles. The van der Waals surface area contributed by atoms with Gasteiger partial charge in [0.05, 0.1) is 12.7 Å². The Morgan fingerprint density at radius 1 is 1.11 bits per heavy atom. The van der Waals surface area contributed by atoms with E-state index in [-0.39, 0.29) is 6.61 Å². The minimum Gasteiger partial charge on any atom is -0.394 e. The summed E-state index contributed by atoms with van der Waals surface area (Å²) >= 11 is 0. The van der Waals surface area contributed by atoms with Crippen LogP contribution in [0, 0.1) is 6.92 Å². The monoisotopic (exact) mass is 250 g/mol. The van der Waals surface area contributed by atoms with E-state index >= 15 is 0 Å². The normalized spacial score (nSPS) is 18.9. The number of hydrogen-bond acceptors (Lipinski definition) is 4. The Morgan fingerprint density at radius 2 is 1.72 bits per heavy atom. The molecule has 0 amide bonds. The van der Waals surface area contributed by atoms with E-state index in [0.29, 0.717) is 6.54 Å². The highest BCUT2D eigenvalue weighted by Crippen LogP contribution is 2.17. The highest BCUT2D eigenvalue weighted by molar-refractivity contribution is 5.47. The number of β-amino-alcohol motifs (C(OH)–C–C–N with tert-alkyl or cyclic N) is 1. The average Bonchev–Trinajstić information content (AvgIpc) is 2.40. The summed E-state index contributed by atoms with van der Waals surface area (Å²) in [5.41, 5.74) is 2.55. The Hall–Kier alpha value is -1.10. The van der Waals surface area contributed by atoms with Gasteiger partial charge in [-0.25, -0.2) is 0 Å². The van der Waals surface area contributed by atoms with E-state index in [4.69, 9.17) is 5.11 Å². The van der Waals surface area contributed by atoms with Gasteiger partial charge in [-0.1, -0.05) is 17.7 Å². The molecule has 1 unspecified atom stereocenters. The lowest BCUT2D eigenvalue weighted by Crippen LogP contribution is -2.49. The zero-order chi connectivity index (χ0) is 13.0. The third kappa shape index (κ3) is 3.45. The van der Waals surface area contributed by atoms with Gasteiger partial charge in [0.2, 0.25) is 0 Å². The molecule has 4 nitrogen and oxygen atoms in total. The molecule has 4 heteroatoms. The van der Waals surface area contributed by atoms with Gasteiger partial charge >= 0.3 is 0 Å². The van der Waals surface area contributed by atoms with Gasteiger partial charge in [0.1, 0.15) is 0 Å². The van der Waals surface area contributed by atoms with Crippen molar-refractivity contribution in [3.63, 3.8) is 0 Å². The molecule has 1 aromatic rings. The molecule has 0 aliphatic carbocycles. The summed E-state index contributed by atoms with van der Waals surface area (Å²) in [5.74, 6) is 0. The topological polar surface area (TPSA) is 46.9 Å². The molecule has 1 fully saturated rings. The molecule has 1 atom stereocenters. The second kappa shape index (κ2) is 6.18. The Balaban J connectivity index is 1.84. The Kier molecular flexibility index (Phi) is 4.58. The number of rotatable bonds is 4. The largest absolute Gasteiger partial charge is 0.394 e. The predicted octanol–water partition coefficient (Wildman–Crippen LogP) is 0.470. The molecule has 1 saturated heterocycles. The van der Waals surface area contributed by atoms with Crippen LogP contribution in [0.15, 0.2) is 24.3 Å². The average molecular weight is 250 g/mol. The molecular weight excluding hydrogens is 228 g/mol. The minimum atomic E-state index is -0.615. The van der Waals surface area contributed by atoms with Crippen molar-refractivity contribution < 1.29 is 10.2 Å². The summed E-state index contributed by atoms with van der Waals surface area (Å²) in [6.07, 6.45) is -0.615. The van der Waals surface area contributed by atoms with Crippen molar-refractivity contribution in [1.29, 1.82) is 0 Å². The summed E-state index contributed by atoms with van der Waals surface area (Å²) in [6.45, 7) is 6.33. The molecule has 1 aliphatic rings. The molecule has 1 aromatic carbocycles. The molecule has 100 valence electrons. The van der Waals surface area contributed by atoms with Crippen LogP contribution in [0.5, 0.6) is 0 Å². The van der Waals surface area contributed by atoms with Crippen molar-refractivity contribution in [2.75, 3.05) is 44.2 Å². The summed E-state index contributed by atoms with van der Waals surface area (Å²) in [4.78, 5) is 4.56. The van der Waals surface area contributed by atoms with Crippen LogP contribution in [-0.4, -0.2) is 60.5 Å². The molecule has 2 rings (SSSR count). The van der Waals surface area contributed by atoms with Crippen LogP contribution in [0.1, 0.15) is 5.56 Å². The van der Waals surface area contributed by atoms with Crippen molar-refractivity contribution in [3.05, 3.63) is 29.8 Å². The van der Waals surface area contributed by atoms with Gasteiger partial charge < -0.3 is 15.1 Å². The standard InChI is InChI=1S/C14H22N2O2/c1-12-2-4-13(5-3-12)16-8-6-15(7-9-16)10-14(18)11-17/h2-5,14,17-18H,6-11H2,1H3. The minimum absolute atomic E-state index is 0.155. The number of piperazine rings is 1. The molecule has 0 aromatic heterocycles. The molecule has 0 bridgehead atoms. The number of anilines is 1. The Bertz CT molecular complexity index is 359. The van der Waals surface area contributed by atoms with Crippen LogP contribution in [0.25, 0.3) is 0 Å². The summed E-state index contributed by atoms with van der Waals surface area (Å²) in [7, 11) is 0. The first-order valence-corrected chi connectivity index (χ1v) is 6.52. The van der Waals surface area contributed by atoms with Crippen LogP contribution >= 0.6 is 0 Å². The Morgan fingerprint density at radius 3 is 2.28 bits per heavy atom. The van der Waals surface area contributed by atoms with Crippen molar-refractivity contribution in [2.24, 2.45) is 0 Å². The molecular formula is C14H22N2O2. The van der Waals surface area contributed by atoms with E-state index < -0.39 is 6.10 Å². The molecule has 0 spiro atoms. The van der Waals surface area contributed by atoms with Crippen LogP contribution in [0.2, 0.25) is 0 Å². The van der Waals surface area contributed by atoms with Gasteiger partial charge in [0.25, 0.3) is 0 Å². The fraction of sp³-hybridized carbons (Fsp3) is 0.571. The first-order chi connectivity index (χ1) is 8.69. The van der Waals surface area contributed by atoms with Gasteiger partial charge in [0.15, 0.2) is 0 Å². The van der Waals surface area contributed by atoms with Crippen molar-refractivity contribution in [3.8, 4) is 0 Å². The van der Waals surface area contributed by atoms with E-state index in [1.807, 2.05) is 0 Å². The first kappa shape index (κ1) is 13.3. The molecule has 18 heavy (non-hydrogen) atoms. The molecule has 1 heterocycles. The van der Waals surface area contributed by atoms with Crippen LogP contribution in [-0.2, 0) is 0 Å². The SMILES string of the molecule is Cc1ccc(N2CCN(CC(O)CO)CC2)cc1. The highest BCUT2D eigenvalue weighted by atomic mass is 16.3. The van der Waals surface area contributed by atoms with Crippen LogP contribution in [0.4, 0.5) is 5.69 Å². The maximum Gasteiger partial charge on any atom is 0.0897 e. The second-order valence-corrected chi connectivity index (χ2v) is 4.96. The van der Waals surface area contributed by atoms with Crippen molar-refractivity contribution in [1.82, 2.24) is 4.90 Å². The van der Waals surface area contributed by atoms with Crippen molar-refractivity contribution in [2.45, 2.75) is 13.0 Å². The highest BCUT2D eigenvalue weighted by Gasteiger charge is 2.18. The van der Waals surface area contributed by atoms with E-state index in [9.17, 15) is 5.11 Å². The molecule has 0 saturated carbocycles. The van der Waals surface area contributed by atoms with E-state index in [2.05, 4.69) is 41.0 Å². The van der Waals surface area contributed by atoms with E-state index in [0.717, 1.165) is 26.2 Å². The number of benzene rings is 1. The van der Waals surface area contributed by atoms with Gasteiger partial charge in [-0.3, -0.25) is 4.90 Å². The van der Waals surface area contributed by atoms with Crippen molar-refractivity contribution >= 4 is 5.69 Å². The van der Waals surface area contributed by atoms with Gasteiger partial charge in [-0.15, -0.1) is 0 Å². The number of nitrogens with zero attached hydrogens (tertiary/aromatic N) is 2. The Labute approximate surface area is 108 Å². The number of hydrogen-bond donors (Lipinski definition) is 2. The fourth-order valence-electron chi connectivity index (χ4n) is 2.30. The summed E-state index contributed by atoms with van der Waals surface area (Å²) < 4.78 is 0. The number of aliphatic hydroxyl groups is 2. The maximum absolute atomic E-state index is 9.42. The zero-order valence-electron chi connectivity index (χ0n) is 10.9. The summed E-state index contributed by atoms with van der Waals surface area (Å²) in [6, 6.07) is 8.59. The lowest BCUT2D eigenvalue weighted by atomic mass is 10.2.